The van der Waals surface area contributed by atoms with Gasteiger partial charge in [-0.2, -0.15) is 0 Å². The van der Waals surface area contributed by atoms with Gasteiger partial charge >= 0.3 is 0 Å². The van der Waals surface area contributed by atoms with Crippen LogP contribution in [-0.2, 0) is 0 Å². The molecule has 3 heteroatoms. The largest absolute Gasteiger partial charge is 0.383 e. The second-order valence-corrected chi connectivity index (χ2v) is 2.59. The highest BCUT2D eigenvalue weighted by molar-refractivity contribution is 5.49. The number of hydrogen-bond acceptors (Lipinski definition) is 3. The fourth-order valence-corrected chi connectivity index (χ4v) is 0.868. The Morgan fingerprint density at radius 2 is 2.46 bits per heavy atom. The zero-order chi connectivity index (χ0) is 9.52. The zero-order valence-electron chi connectivity index (χ0n) is 7.67. The van der Waals surface area contributed by atoms with Gasteiger partial charge in [-0.05, 0) is 19.2 Å². The van der Waals surface area contributed by atoms with E-state index < -0.39 is 0 Å². The first-order chi connectivity index (χ1) is 6.34. The van der Waals surface area contributed by atoms with Crippen LogP contribution in [0, 0.1) is 11.8 Å². The molecular weight excluding hydrogens is 162 g/mol. The van der Waals surface area contributed by atoms with Crippen molar-refractivity contribution < 1.29 is 0 Å². The molecule has 0 bridgehead atoms. The number of hydrogen-bond donors (Lipinski definition) is 2. The van der Waals surface area contributed by atoms with Crippen LogP contribution in [0.1, 0.15) is 12.0 Å². The average Bonchev–Trinajstić information content (AvgIpc) is 2.15. The molecular formula is C10H13N3. The summed E-state index contributed by atoms with van der Waals surface area (Å²) in [6.07, 6.45) is 2.49. The standard InChI is InChI=1S/C10H13N3/c1-12-7-3-2-5-9-6-4-8-13-10(9)11/h4,6,8,12H,3,7H2,1H3,(H2,11,13). The molecule has 3 N–H and O–H groups in total. The predicted molar refractivity (Wildman–Crippen MR) is 54.1 cm³/mol. The lowest BCUT2D eigenvalue weighted by Gasteiger charge is -1.93. The van der Waals surface area contributed by atoms with E-state index in [0.717, 1.165) is 18.5 Å². The molecule has 0 aromatic carbocycles. The van der Waals surface area contributed by atoms with E-state index >= 15 is 0 Å². The summed E-state index contributed by atoms with van der Waals surface area (Å²) in [5.74, 6) is 6.48. The van der Waals surface area contributed by atoms with Crippen LogP contribution in [0.2, 0.25) is 0 Å². The van der Waals surface area contributed by atoms with E-state index in [-0.39, 0.29) is 0 Å². The Kier molecular flexibility index (Phi) is 3.80. The Hall–Kier alpha value is -1.53. The first-order valence-electron chi connectivity index (χ1n) is 4.18. The summed E-state index contributed by atoms with van der Waals surface area (Å²) in [6.45, 7) is 0.896. The van der Waals surface area contributed by atoms with Gasteiger partial charge in [-0.15, -0.1) is 0 Å². The number of nitrogens with one attached hydrogen (secondary N) is 1. The molecule has 3 nitrogen and oxygen atoms in total. The Morgan fingerprint density at radius 1 is 1.62 bits per heavy atom. The molecule has 0 aliphatic rings. The molecule has 0 aliphatic carbocycles. The Bertz CT molecular complexity index is 322. The number of nitrogens with two attached hydrogens (primary N) is 1. The average molecular weight is 175 g/mol. The molecule has 68 valence electrons. The molecule has 1 rings (SSSR count). The maximum absolute atomic E-state index is 5.61. The summed E-state index contributed by atoms with van der Waals surface area (Å²) in [7, 11) is 1.90. The highest BCUT2D eigenvalue weighted by Crippen LogP contribution is 2.03. The Labute approximate surface area is 78.4 Å². The Morgan fingerprint density at radius 3 is 3.15 bits per heavy atom. The number of pyridine rings is 1. The molecule has 1 aromatic heterocycles. The van der Waals surface area contributed by atoms with Crippen LogP contribution < -0.4 is 11.1 Å². The maximum Gasteiger partial charge on any atom is 0.139 e. The van der Waals surface area contributed by atoms with E-state index in [0.29, 0.717) is 5.82 Å². The van der Waals surface area contributed by atoms with Gasteiger partial charge < -0.3 is 11.1 Å². The second-order valence-electron chi connectivity index (χ2n) is 2.59. The third kappa shape index (κ3) is 3.14. The van der Waals surface area contributed by atoms with Crippen molar-refractivity contribution in [3.8, 4) is 11.8 Å². The van der Waals surface area contributed by atoms with E-state index in [1.807, 2.05) is 19.2 Å². The smallest absolute Gasteiger partial charge is 0.139 e. The molecule has 0 radical (unpaired) electrons. The van der Waals surface area contributed by atoms with Crippen LogP contribution in [-0.4, -0.2) is 18.6 Å². The van der Waals surface area contributed by atoms with Crippen LogP contribution in [0.5, 0.6) is 0 Å². The SMILES string of the molecule is CNCCC#Cc1cccnc1N. The van der Waals surface area contributed by atoms with Crippen molar-refractivity contribution in [1.82, 2.24) is 10.3 Å². The second kappa shape index (κ2) is 5.18. The van der Waals surface area contributed by atoms with Gasteiger partial charge in [0.15, 0.2) is 0 Å². The monoisotopic (exact) mass is 175 g/mol. The zero-order valence-corrected chi connectivity index (χ0v) is 7.67. The molecule has 0 unspecified atom stereocenters. The van der Waals surface area contributed by atoms with Crippen molar-refractivity contribution >= 4 is 5.82 Å². The summed E-state index contributed by atoms with van der Waals surface area (Å²) in [4.78, 5) is 3.94. The van der Waals surface area contributed by atoms with Gasteiger partial charge in [0.05, 0.1) is 5.56 Å². The van der Waals surface area contributed by atoms with Gasteiger partial charge in [0.1, 0.15) is 5.82 Å². The highest BCUT2D eigenvalue weighted by atomic mass is 14.8. The lowest BCUT2D eigenvalue weighted by atomic mass is 10.2. The summed E-state index contributed by atoms with van der Waals surface area (Å²) in [5, 5.41) is 3.02. The normalized spacial score (nSPS) is 9.00. The van der Waals surface area contributed by atoms with E-state index in [9.17, 15) is 0 Å². The summed E-state index contributed by atoms with van der Waals surface area (Å²) in [5.41, 5.74) is 6.41. The summed E-state index contributed by atoms with van der Waals surface area (Å²) in [6, 6.07) is 3.70. The van der Waals surface area contributed by atoms with E-state index in [1.54, 1.807) is 6.20 Å². The van der Waals surface area contributed by atoms with Gasteiger partial charge in [0.25, 0.3) is 0 Å². The van der Waals surface area contributed by atoms with Crippen molar-refractivity contribution in [2.75, 3.05) is 19.3 Å². The van der Waals surface area contributed by atoms with Crippen LogP contribution in [0.25, 0.3) is 0 Å². The molecule has 0 aliphatic heterocycles. The lowest BCUT2D eigenvalue weighted by molar-refractivity contribution is 0.818. The summed E-state index contributed by atoms with van der Waals surface area (Å²) >= 11 is 0. The molecule has 1 heterocycles. The molecule has 0 fully saturated rings. The van der Waals surface area contributed by atoms with Crippen molar-refractivity contribution in [3.05, 3.63) is 23.9 Å². The van der Waals surface area contributed by atoms with Gasteiger partial charge in [0.2, 0.25) is 0 Å². The number of anilines is 1. The molecule has 0 spiro atoms. The minimum absolute atomic E-state index is 0.499. The number of nitrogen functional groups attached to an aromatic ring is 1. The number of rotatable bonds is 2. The van der Waals surface area contributed by atoms with Crippen LogP contribution >= 0.6 is 0 Å². The van der Waals surface area contributed by atoms with Crippen molar-refractivity contribution in [3.63, 3.8) is 0 Å². The lowest BCUT2D eigenvalue weighted by Crippen LogP contribution is -2.05. The van der Waals surface area contributed by atoms with Gasteiger partial charge in [-0.25, -0.2) is 4.98 Å². The molecule has 1 aromatic rings. The molecule has 0 atom stereocenters. The number of aromatic nitrogens is 1. The molecule has 0 saturated carbocycles. The third-order valence-corrected chi connectivity index (χ3v) is 1.56. The minimum Gasteiger partial charge on any atom is -0.383 e. The highest BCUT2D eigenvalue weighted by Gasteiger charge is 1.91. The van der Waals surface area contributed by atoms with Gasteiger partial charge in [-0.3, -0.25) is 0 Å². The fourth-order valence-electron chi connectivity index (χ4n) is 0.868. The maximum atomic E-state index is 5.61. The third-order valence-electron chi connectivity index (χ3n) is 1.56. The topological polar surface area (TPSA) is 50.9 Å². The van der Waals surface area contributed by atoms with Crippen LogP contribution in [0.3, 0.4) is 0 Å². The van der Waals surface area contributed by atoms with Crippen LogP contribution in [0.15, 0.2) is 18.3 Å². The summed E-state index contributed by atoms with van der Waals surface area (Å²) < 4.78 is 0. The van der Waals surface area contributed by atoms with Crippen molar-refractivity contribution in [1.29, 1.82) is 0 Å². The Balaban J connectivity index is 2.61. The number of nitrogens with zero attached hydrogens (tertiary/aromatic N) is 1. The van der Waals surface area contributed by atoms with E-state index in [4.69, 9.17) is 5.73 Å². The molecule has 0 amide bonds. The van der Waals surface area contributed by atoms with Crippen LogP contribution in [0.4, 0.5) is 5.82 Å². The predicted octanol–water partition coefficient (Wildman–Crippen LogP) is 0.625. The quantitative estimate of drug-likeness (QED) is 0.512. The van der Waals surface area contributed by atoms with E-state index in [1.165, 1.54) is 0 Å². The fraction of sp³-hybridized carbons (Fsp3) is 0.300. The van der Waals surface area contributed by atoms with Gasteiger partial charge in [0, 0.05) is 19.2 Å². The van der Waals surface area contributed by atoms with E-state index in [2.05, 4.69) is 22.1 Å². The van der Waals surface area contributed by atoms with Crippen molar-refractivity contribution in [2.24, 2.45) is 0 Å². The van der Waals surface area contributed by atoms with Gasteiger partial charge in [-0.1, -0.05) is 11.8 Å². The minimum atomic E-state index is 0.499. The first-order valence-corrected chi connectivity index (χ1v) is 4.18. The molecule has 13 heavy (non-hydrogen) atoms. The first kappa shape index (κ1) is 9.56. The van der Waals surface area contributed by atoms with Crippen molar-refractivity contribution in [2.45, 2.75) is 6.42 Å². The molecule has 0 saturated heterocycles.